The molecule has 0 radical (unpaired) electrons. The number of hydrogen-bond acceptors (Lipinski definition) is 3. The van der Waals surface area contributed by atoms with Crippen LogP contribution in [-0.4, -0.2) is 18.1 Å². The number of ether oxygens (including phenoxy) is 2. The largest absolute Gasteiger partial charge is 0.490 e. The van der Waals surface area contributed by atoms with Gasteiger partial charge in [-0.05, 0) is 83.2 Å². The zero-order chi connectivity index (χ0) is 22.3. The van der Waals surface area contributed by atoms with E-state index in [1.54, 1.807) is 0 Å². The number of halogens is 1. The van der Waals surface area contributed by atoms with Crippen LogP contribution in [0.25, 0.3) is 10.9 Å². The topological polar surface area (TPSA) is 46.3 Å². The summed E-state index contributed by atoms with van der Waals surface area (Å²) in [4.78, 5) is 3.34. The number of aryl methyl sites for hydroxylation is 1. The maximum atomic E-state index is 6.16. The molecule has 1 aromatic heterocycles. The van der Waals surface area contributed by atoms with Crippen molar-refractivity contribution in [1.82, 2.24) is 10.3 Å². The number of H-pyrrole nitrogens is 1. The van der Waals surface area contributed by atoms with Crippen LogP contribution in [0.4, 0.5) is 0 Å². The lowest BCUT2D eigenvalue weighted by Gasteiger charge is -2.16. The number of para-hydroxylation sites is 1. The third kappa shape index (κ3) is 5.34. The highest BCUT2D eigenvalue weighted by Crippen LogP contribution is 2.37. The van der Waals surface area contributed by atoms with Crippen LogP contribution in [-0.2, 0) is 19.6 Å². The van der Waals surface area contributed by atoms with Gasteiger partial charge in [-0.2, -0.15) is 0 Å². The molecule has 0 saturated carbocycles. The van der Waals surface area contributed by atoms with Crippen molar-refractivity contribution in [3.8, 4) is 11.5 Å². The van der Waals surface area contributed by atoms with E-state index in [4.69, 9.17) is 9.47 Å². The molecule has 32 heavy (non-hydrogen) atoms. The van der Waals surface area contributed by atoms with Gasteiger partial charge in [0.1, 0.15) is 6.61 Å². The number of hydrogen-bond donors (Lipinski definition) is 2. The Morgan fingerprint density at radius 1 is 0.969 bits per heavy atom. The number of nitrogens with one attached hydrogen (secondary N) is 2. The van der Waals surface area contributed by atoms with Gasteiger partial charge < -0.3 is 19.8 Å². The second-order valence-corrected chi connectivity index (χ2v) is 8.69. The molecule has 2 N–H and O–H groups in total. The highest BCUT2D eigenvalue weighted by atomic mass is 79.9. The lowest BCUT2D eigenvalue weighted by atomic mass is 10.1. The lowest BCUT2D eigenvalue weighted by Crippen LogP contribution is -2.16. The lowest BCUT2D eigenvalue weighted by molar-refractivity contribution is 0.267. The van der Waals surface area contributed by atoms with Gasteiger partial charge in [-0.1, -0.05) is 42.5 Å². The van der Waals surface area contributed by atoms with Gasteiger partial charge in [-0.3, -0.25) is 0 Å². The monoisotopic (exact) mass is 492 g/mol. The summed E-state index contributed by atoms with van der Waals surface area (Å²) in [7, 11) is 0. The van der Waals surface area contributed by atoms with Crippen molar-refractivity contribution >= 4 is 26.8 Å². The maximum absolute atomic E-state index is 6.16. The van der Waals surface area contributed by atoms with Gasteiger partial charge in [0.05, 0.1) is 11.1 Å². The van der Waals surface area contributed by atoms with Crippen LogP contribution < -0.4 is 14.8 Å². The second-order valence-electron chi connectivity index (χ2n) is 7.84. The molecule has 0 aliphatic heterocycles. The third-order valence-corrected chi connectivity index (χ3v) is 6.17. The van der Waals surface area contributed by atoms with E-state index in [9.17, 15) is 0 Å². The molecule has 0 aliphatic carbocycles. The highest BCUT2D eigenvalue weighted by Gasteiger charge is 2.13. The van der Waals surface area contributed by atoms with Crippen LogP contribution in [0.3, 0.4) is 0 Å². The standard InChI is InChI=1S/C27H29BrN2O2/c1-3-31-26-15-20(14-24(28)27(26)32-18-22-9-5-4-8-19(22)2)16-29-13-12-21-17-30-25-11-7-6-10-23(21)25/h4-11,14-15,17,29-30H,3,12-13,16,18H2,1-2H3. The molecule has 3 aromatic carbocycles. The van der Waals surface area contributed by atoms with Crippen molar-refractivity contribution in [1.29, 1.82) is 0 Å². The summed E-state index contributed by atoms with van der Waals surface area (Å²) in [6.07, 6.45) is 3.08. The Balaban J connectivity index is 1.39. The molecule has 4 rings (SSSR count). The van der Waals surface area contributed by atoms with Gasteiger partial charge in [0, 0.05) is 23.6 Å². The molecular weight excluding hydrogens is 464 g/mol. The minimum Gasteiger partial charge on any atom is -0.490 e. The van der Waals surface area contributed by atoms with Crippen molar-refractivity contribution in [2.45, 2.75) is 33.4 Å². The van der Waals surface area contributed by atoms with Crippen LogP contribution in [0.5, 0.6) is 11.5 Å². The van der Waals surface area contributed by atoms with Gasteiger partial charge in [0.2, 0.25) is 0 Å². The second kappa shape index (κ2) is 10.7. The van der Waals surface area contributed by atoms with Gasteiger partial charge in [-0.25, -0.2) is 0 Å². The van der Waals surface area contributed by atoms with Crippen LogP contribution in [0.1, 0.15) is 29.2 Å². The van der Waals surface area contributed by atoms with Crippen LogP contribution in [0.2, 0.25) is 0 Å². The van der Waals surface area contributed by atoms with Crippen molar-refractivity contribution in [3.05, 3.63) is 93.6 Å². The number of aromatic nitrogens is 1. The molecule has 4 aromatic rings. The Hall–Kier alpha value is -2.76. The summed E-state index contributed by atoms with van der Waals surface area (Å²) in [5.41, 5.74) is 6.07. The summed E-state index contributed by atoms with van der Waals surface area (Å²) in [6, 6.07) is 20.9. The van der Waals surface area contributed by atoms with E-state index in [0.29, 0.717) is 13.2 Å². The summed E-state index contributed by atoms with van der Waals surface area (Å²) in [5.74, 6) is 1.52. The highest BCUT2D eigenvalue weighted by molar-refractivity contribution is 9.10. The molecular formula is C27H29BrN2O2. The molecule has 4 nitrogen and oxygen atoms in total. The van der Waals surface area contributed by atoms with Crippen molar-refractivity contribution in [3.63, 3.8) is 0 Å². The summed E-state index contributed by atoms with van der Waals surface area (Å²) >= 11 is 3.69. The fraction of sp³-hybridized carbons (Fsp3) is 0.259. The quantitative estimate of drug-likeness (QED) is 0.246. The van der Waals surface area contributed by atoms with E-state index in [2.05, 4.69) is 87.9 Å². The Kier molecular flexibility index (Phi) is 7.51. The molecule has 0 unspecified atom stereocenters. The van der Waals surface area contributed by atoms with E-state index in [1.807, 2.05) is 19.1 Å². The summed E-state index contributed by atoms with van der Waals surface area (Å²) < 4.78 is 13.0. The van der Waals surface area contributed by atoms with Crippen molar-refractivity contribution in [2.75, 3.05) is 13.2 Å². The molecule has 0 amide bonds. The first-order chi connectivity index (χ1) is 15.7. The predicted molar refractivity (Wildman–Crippen MR) is 135 cm³/mol. The summed E-state index contributed by atoms with van der Waals surface area (Å²) in [6.45, 7) is 6.85. The zero-order valence-electron chi connectivity index (χ0n) is 18.6. The Morgan fingerprint density at radius 2 is 1.78 bits per heavy atom. The van der Waals surface area contributed by atoms with Crippen molar-refractivity contribution < 1.29 is 9.47 Å². The molecule has 166 valence electrons. The van der Waals surface area contributed by atoms with Gasteiger partial charge >= 0.3 is 0 Å². The Bertz CT molecular complexity index is 1190. The number of benzene rings is 3. The molecule has 0 saturated heterocycles. The maximum Gasteiger partial charge on any atom is 0.175 e. The molecule has 1 heterocycles. The van der Waals surface area contributed by atoms with Gasteiger partial charge in [-0.15, -0.1) is 0 Å². The SMILES string of the molecule is CCOc1cc(CNCCc2c[nH]c3ccccc23)cc(Br)c1OCc1ccccc1C. The number of fused-ring (bicyclic) bond motifs is 1. The number of rotatable bonds is 10. The first-order valence-electron chi connectivity index (χ1n) is 11.0. The molecule has 0 spiro atoms. The first-order valence-corrected chi connectivity index (χ1v) is 11.8. The van der Waals surface area contributed by atoms with E-state index in [0.717, 1.165) is 41.0 Å². The van der Waals surface area contributed by atoms with E-state index >= 15 is 0 Å². The normalized spacial score (nSPS) is 11.1. The summed E-state index contributed by atoms with van der Waals surface area (Å²) in [5, 5.41) is 4.85. The van der Waals surface area contributed by atoms with Crippen LogP contribution >= 0.6 is 15.9 Å². The third-order valence-electron chi connectivity index (χ3n) is 5.58. The molecule has 0 fully saturated rings. The Morgan fingerprint density at radius 3 is 2.62 bits per heavy atom. The molecule has 0 atom stereocenters. The fourth-order valence-corrected chi connectivity index (χ4v) is 4.45. The van der Waals surface area contributed by atoms with Crippen LogP contribution in [0, 0.1) is 6.92 Å². The van der Waals surface area contributed by atoms with E-state index in [1.165, 1.54) is 27.6 Å². The smallest absolute Gasteiger partial charge is 0.175 e. The minimum absolute atomic E-state index is 0.508. The number of aromatic amines is 1. The average molecular weight is 493 g/mol. The van der Waals surface area contributed by atoms with Crippen molar-refractivity contribution in [2.24, 2.45) is 0 Å². The molecule has 0 aliphatic rings. The molecule has 0 bridgehead atoms. The Labute approximate surface area is 198 Å². The molecule has 5 heteroatoms. The van der Waals surface area contributed by atoms with Gasteiger partial charge in [0.25, 0.3) is 0 Å². The van der Waals surface area contributed by atoms with E-state index in [-0.39, 0.29) is 0 Å². The predicted octanol–water partition coefficient (Wildman–Crippen LogP) is 6.55. The minimum atomic E-state index is 0.508. The average Bonchev–Trinajstić information content (AvgIpc) is 3.21. The van der Waals surface area contributed by atoms with Gasteiger partial charge in [0.15, 0.2) is 11.5 Å². The zero-order valence-corrected chi connectivity index (χ0v) is 20.2. The first kappa shape index (κ1) is 22.4. The van der Waals surface area contributed by atoms with E-state index < -0.39 is 0 Å². The van der Waals surface area contributed by atoms with Crippen LogP contribution in [0.15, 0.2) is 71.3 Å². The fourth-order valence-electron chi connectivity index (χ4n) is 3.84.